The van der Waals surface area contributed by atoms with Crippen molar-refractivity contribution >= 4 is 12.7 Å². The second-order valence-electron chi connectivity index (χ2n) is 3.69. The van der Waals surface area contributed by atoms with E-state index in [-0.39, 0.29) is 12.0 Å². The first-order valence-corrected chi connectivity index (χ1v) is 4.83. The number of nitrogens with zero attached hydrogens (tertiary/aromatic N) is 1. The molecule has 1 aliphatic rings. The van der Waals surface area contributed by atoms with Crippen LogP contribution in [0.1, 0.15) is 32.6 Å². The summed E-state index contributed by atoms with van der Waals surface area (Å²) in [6.45, 7) is 6.03. The van der Waals surface area contributed by atoms with Crippen molar-refractivity contribution in [2.75, 3.05) is 7.11 Å². The van der Waals surface area contributed by atoms with E-state index in [9.17, 15) is 4.79 Å². The van der Waals surface area contributed by atoms with E-state index in [1.54, 1.807) is 0 Å². The second kappa shape index (κ2) is 4.40. The summed E-state index contributed by atoms with van der Waals surface area (Å²) >= 11 is 0. The highest BCUT2D eigenvalue weighted by atomic mass is 16.5. The van der Waals surface area contributed by atoms with Crippen molar-refractivity contribution < 1.29 is 14.1 Å². The van der Waals surface area contributed by atoms with Crippen LogP contribution in [0.5, 0.6) is 0 Å². The zero-order valence-corrected chi connectivity index (χ0v) is 8.45. The maximum atomic E-state index is 11.4. The van der Waals surface area contributed by atoms with Crippen molar-refractivity contribution in [3.63, 3.8) is 0 Å². The smallest absolute Gasteiger partial charge is 0.375 e. The Bertz CT molecular complexity index is 213. The average Bonchev–Trinajstić information content (AvgIpc) is 2.29. The summed E-state index contributed by atoms with van der Waals surface area (Å²) in [5.74, 6) is -0.149. The van der Waals surface area contributed by atoms with Gasteiger partial charge in [0.15, 0.2) is 0 Å². The van der Waals surface area contributed by atoms with Crippen molar-refractivity contribution in [2.24, 2.45) is 0 Å². The number of hydrogen-bond donors (Lipinski definition) is 0. The third-order valence-electron chi connectivity index (χ3n) is 2.79. The third-order valence-corrected chi connectivity index (χ3v) is 2.79. The van der Waals surface area contributed by atoms with E-state index in [1.165, 1.54) is 13.5 Å². The quantitative estimate of drug-likeness (QED) is 0.452. The molecule has 74 valence electrons. The first kappa shape index (κ1) is 10.2. The first-order valence-electron chi connectivity index (χ1n) is 4.83. The number of carbonyl (C=O) groups is 1. The molecule has 1 saturated heterocycles. The molecule has 1 rings (SSSR count). The number of methoxy groups -OCH3 is 1. The Hall–Kier alpha value is -0.860. The van der Waals surface area contributed by atoms with Gasteiger partial charge in [-0.15, -0.1) is 0 Å². The lowest BCUT2D eigenvalue weighted by molar-refractivity contribution is -0.578. The van der Waals surface area contributed by atoms with Crippen molar-refractivity contribution in [3.05, 3.63) is 0 Å². The molecular formula is C10H18NO2+. The van der Waals surface area contributed by atoms with Gasteiger partial charge in [-0.2, -0.15) is 0 Å². The zero-order valence-electron chi connectivity index (χ0n) is 8.45. The maximum absolute atomic E-state index is 11.4. The lowest BCUT2D eigenvalue weighted by Gasteiger charge is -2.13. The molecule has 0 aromatic rings. The summed E-state index contributed by atoms with van der Waals surface area (Å²) in [5.41, 5.74) is 0. The number of ether oxygens (including phenoxy) is 1. The van der Waals surface area contributed by atoms with Gasteiger partial charge < -0.3 is 4.74 Å². The van der Waals surface area contributed by atoms with E-state index in [4.69, 9.17) is 4.74 Å². The predicted octanol–water partition coefficient (Wildman–Crippen LogP) is 1.20. The van der Waals surface area contributed by atoms with Gasteiger partial charge in [-0.25, -0.2) is 9.37 Å². The lowest BCUT2D eigenvalue weighted by Crippen LogP contribution is -2.37. The summed E-state index contributed by atoms with van der Waals surface area (Å²) in [7, 11) is 1.44. The maximum Gasteiger partial charge on any atom is 0.375 e. The van der Waals surface area contributed by atoms with Crippen LogP contribution in [0.4, 0.5) is 0 Å². The Labute approximate surface area is 79.4 Å². The molecule has 3 nitrogen and oxygen atoms in total. The van der Waals surface area contributed by atoms with Crippen LogP contribution in [0.25, 0.3) is 0 Å². The molecule has 13 heavy (non-hydrogen) atoms. The molecule has 0 bridgehead atoms. The Kier molecular flexibility index (Phi) is 3.46. The normalized spacial score (nSPS) is 29.5. The van der Waals surface area contributed by atoms with Crippen molar-refractivity contribution in [2.45, 2.75) is 44.7 Å². The fraction of sp³-hybridized carbons (Fsp3) is 0.800. The third kappa shape index (κ3) is 2.29. The molecule has 3 heteroatoms. The number of esters is 1. The molecule has 0 radical (unpaired) electrons. The van der Waals surface area contributed by atoms with Gasteiger partial charge in [0.2, 0.25) is 6.04 Å². The number of carbonyl (C=O) groups excluding carboxylic acids is 1. The Morgan fingerprint density at radius 3 is 2.69 bits per heavy atom. The van der Waals surface area contributed by atoms with Gasteiger partial charge in [-0.1, -0.05) is 0 Å². The minimum Gasteiger partial charge on any atom is -0.464 e. The van der Waals surface area contributed by atoms with Crippen LogP contribution >= 0.6 is 0 Å². The van der Waals surface area contributed by atoms with Gasteiger partial charge >= 0.3 is 5.97 Å². The van der Waals surface area contributed by atoms with E-state index >= 15 is 0 Å². The molecule has 0 amide bonds. The lowest BCUT2D eigenvalue weighted by atomic mass is 10.1. The standard InChI is InChI=1S/C10H18NO2/c1-8-6-4-5-7-9(11(8)2)10(12)13-3/h8-9H,2,4-7H2,1,3H3/q+1. The zero-order chi connectivity index (χ0) is 9.84. The largest absolute Gasteiger partial charge is 0.464 e. The molecule has 2 unspecified atom stereocenters. The number of hydrogen-bond acceptors (Lipinski definition) is 2. The van der Waals surface area contributed by atoms with E-state index in [0.29, 0.717) is 6.04 Å². The topological polar surface area (TPSA) is 29.3 Å². The monoisotopic (exact) mass is 184 g/mol. The Morgan fingerprint density at radius 2 is 2.08 bits per heavy atom. The predicted molar refractivity (Wildman–Crippen MR) is 51.1 cm³/mol. The molecule has 0 aromatic carbocycles. The summed E-state index contributed by atoms with van der Waals surface area (Å²) < 4.78 is 6.63. The molecule has 1 heterocycles. The highest BCUT2D eigenvalue weighted by Crippen LogP contribution is 2.17. The minimum absolute atomic E-state index is 0.137. The van der Waals surface area contributed by atoms with Crippen LogP contribution in [-0.4, -0.2) is 36.5 Å². The van der Waals surface area contributed by atoms with Crippen LogP contribution in [0.2, 0.25) is 0 Å². The molecule has 1 aliphatic heterocycles. The van der Waals surface area contributed by atoms with Crippen molar-refractivity contribution in [1.82, 2.24) is 0 Å². The van der Waals surface area contributed by atoms with Gasteiger partial charge in [-0.3, -0.25) is 0 Å². The summed E-state index contributed by atoms with van der Waals surface area (Å²) in [6, 6.07) is 0.245. The highest BCUT2D eigenvalue weighted by molar-refractivity contribution is 5.74. The van der Waals surface area contributed by atoms with Crippen molar-refractivity contribution in [1.29, 1.82) is 0 Å². The molecule has 0 aliphatic carbocycles. The Balaban J connectivity index is 2.70. The average molecular weight is 184 g/mol. The van der Waals surface area contributed by atoms with Crippen molar-refractivity contribution in [3.8, 4) is 0 Å². The molecular weight excluding hydrogens is 166 g/mol. The van der Waals surface area contributed by atoms with E-state index in [1.807, 2.05) is 4.58 Å². The van der Waals surface area contributed by atoms with Crippen LogP contribution < -0.4 is 0 Å². The Morgan fingerprint density at radius 1 is 1.46 bits per heavy atom. The summed E-state index contributed by atoms with van der Waals surface area (Å²) in [5, 5.41) is 0. The SMILES string of the molecule is C=[N+]1C(C)CCCCC1C(=O)OC. The van der Waals surface area contributed by atoms with Gasteiger partial charge in [0.1, 0.15) is 12.8 Å². The van der Waals surface area contributed by atoms with Crippen LogP contribution in [-0.2, 0) is 9.53 Å². The minimum atomic E-state index is -0.149. The summed E-state index contributed by atoms with van der Waals surface area (Å²) in [6.07, 6.45) is 4.27. The van der Waals surface area contributed by atoms with Gasteiger partial charge in [0.05, 0.1) is 7.11 Å². The molecule has 0 N–H and O–H groups in total. The van der Waals surface area contributed by atoms with E-state index < -0.39 is 0 Å². The van der Waals surface area contributed by atoms with Crippen LogP contribution in [0.15, 0.2) is 0 Å². The highest BCUT2D eigenvalue weighted by Gasteiger charge is 2.33. The molecule has 0 spiro atoms. The molecule has 1 fully saturated rings. The second-order valence-corrected chi connectivity index (χ2v) is 3.69. The summed E-state index contributed by atoms with van der Waals surface area (Å²) in [4.78, 5) is 11.4. The fourth-order valence-electron chi connectivity index (χ4n) is 1.81. The van der Waals surface area contributed by atoms with E-state index in [0.717, 1.165) is 19.3 Å². The van der Waals surface area contributed by atoms with E-state index in [2.05, 4.69) is 13.6 Å². The first-order chi connectivity index (χ1) is 6.16. The molecule has 0 aromatic heterocycles. The van der Waals surface area contributed by atoms with Gasteiger partial charge in [0, 0.05) is 12.8 Å². The van der Waals surface area contributed by atoms with Gasteiger partial charge in [-0.05, 0) is 19.8 Å². The number of rotatable bonds is 1. The fourth-order valence-corrected chi connectivity index (χ4v) is 1.81. The van der Waals surface area contributed by atoms with Gasteiger partial charge in [0.25, 0.3) is 0 Å². The molecule has 0 saturated carbocycles. The molecule has 2 atom stereocenters. The van der Waals surface area contributed by atoms with Crippen LogP contribution in [0, 0.1) is 0 Å². The van der Waals surface area contributed by atoms with Crippen LogP contribution in [0.3, 0.4) is 0 Å².